The lowest BCUT2D eigenvalue weighted by atomic mass is 9.54. The molecule has 7 nitrogen and oxygen atoms in total. The second-order valence-corrected chi connectivity index (χ2v) is 12.3. The Labute approximate surface area is 194 Å². The van der Waals surface area contributed by atoms with Gasteiger partial charge in [-0.25, -0.2) is 9.59 Å². The monoisotopic (exact) mass is 454 g/mol. The molecule has 32 heavy (non-hydrogen) atoms. The quantitative estimate of drug-likeness (QED) is 0.498. The average molecular weight is 455 g/mol. The molecular weight excluding hydrogens is 408 g/mol. The number of carboxylic acids is 1. The highest BCUT2D eigenvalue weighted by molar-refractivity contribution is 5.90. The average Bonchev–Trinajstić information content (AvgIpc) is 2.57. The summed E-state index contributed by atoms with van der Waals surface area (Å²) in [6.07, 6.45) is 3.81. The van der Waals surface area contributed by atoms with Gasteiger partial charge < -0.3 is 20.1 Å². The first-order valence-corrected chi connectivity index (χ1v) is 11.9. The van der Waals surface area contributed by atoms with Crippen LogP contribution in [0.3, 0.4) is 0 Å². The number of ether oxygens (including phenoxy) is 1. The highest BCUT2D eigenvalue weighted by Crippen LogP contribution is 2.55. The Bertz CT molecular complexity index is 683. The van der Waals surface area contributed by atoms with E-state index < -0.39 is 35.2 Å². The van der Waals surface area contributed by atoms with Crippen molar-refractivity contribution in [3.05, 3.63) is 0 Å². The van der Waals surface area contributed by atoms with E-state index >= 15 is 0 Å². The van der Waals surface area contributed by atoms with Crippen molar-refractivity contribution in [3.63, 3.8) is 0 Å². The lowest BCUT2D eigenvalue weighted by Gasteiger charge is -2.52. The number of rotatable bonds is 9. The molecule has 0 aromatic rings. The zero-order valence-corrected chi connectivity index (χ0v) is 21.9. The van der Waals surface area contributed by atoms with Crippen LogP contribution in [0, 0.1) is 16.2 Å². The van der Waals surface area contributed by atoms with Crippen molar-refractivity contribution in [2.24, 2.45) is 16.2 Å². The molecular formula is C25H46N2O5. The molecule has 0 aromatic carbocycles. The van der Waals surface area contributed by atoms with Gasteiger partial charge in [-0.1, -0.05) is 54.9 Å². The largest absolute Gasteiger partial charge is 0.480 e. The van der Waals surface area contributed by atoms with Crippen molar-refractivity contribution in [1.82, 2.24) is 10.2 Å². The van der Waals surface area contributed by atoms with E-state index in [2.05, 4.69) is 26.1 Å². The van der Waals surface area contributed by atoms with Gasteiger partial charge in [0.1, 0.15) is 17.7 Å². The Balaban J connectivity index is 3.19. The summed E-state index contributed by atoms with van der Waals surface area (Å²) in [5.41, 5.74) is -1.16. The van der Waals surface area contributed by atoms with Crippen LogP contribution in [-0.2, 0) is 14.3 Å². The molecule has 0 unspecified atom stereocenters. The van der Waals surface area contributed by atoms with Crippen LogP contribution >= 0.6 is 0 Å². The molecule has 2 amide bonds. The van der Waals surface area contributed by atoms with Gasteiger partial charge in [-0.15, -0.1) is 0 Å². The number of nitrogens with one attached hydrogen (secondary N) is 1. The van der Waals surface area contributed by atoms with Crippen LogP contribution in [0.4, 0.5) is 4.79 Å². The van der Waals surface area contributed by atoms with Crippen LogP contribution in [0.2, 0.25) is 0 Å². The van der Waals surface area contributed by atoms with Gasteiger partial charge in [-0.05, 0) is 62.7 Å². The van der Waals surface area contributed by atoms with Gasteiger partial charge in [-0.2, -0.15) is 0 Å². The number of nitrogens with zero attached hydrogens (tertiary/aromatic N) is 1. The Morgan fingerprint density at radius 1 is 1.06 bits per heavy atom. The third-order valence-electron chi connectivity index (χ3n) is 7.17. The Morgan fingerprint density at radius 2 is 1.59 bits per heavy atom. The predicted molar refractivity (Wildman–Crippen MR) is 126 cm³/mol. The topological polar surface area (TPSA) is 95.9 Å². The Kier molecular flexibility index (Phi) is 8.83. The van der Waals surface area contributed by atoms with Crippen LogP contribution in [0.25, 0.3) is 0 Å². The maximum absolute atomic E-state index is 13.7. The SMILES string of the molecule is CC[C@@H](C(=O)O)N(CCC(C)(C)C1(C)CCC1)C(=O)[C@@H](NC(=O)OC(C)(C)C)C(C)(C)C. The van der Waals surface area contributed by atoms with Crippen LogP contribution in [-0.4, -0.2) is 52.2 Å². The Hall–Kier alpha value is -1.79. The highest BCUT2D eigenvalue weighted by atomic mass is 16.6. The molecule has 2 atom stereocenters. The van der Waals surface area contributed by atoms with E-state index in [1.54, 1.807) is 27.7 Å². The summed E-state index contributed by atoms with van der Waals surface area (Å²) in [5.74, 6) is -1.41. The normalized spacial score (nSPS) is 18.2. The lowest BCUT2D eigenvalue weighted by molar-refractivity contribution is -0.153. The third kappa shape index (κ3) is 7.11. The first-order chi connectivity index (χ1) is 14.3. The molecule has 7 heteroatoms. The summed E-state index contributed by atoms with van der Waals surface area (Å²) in [6.45, 7) is 19.6. The number of hydrogen-bond donors (Lipinski definition) is 2. The maximum atomic E-state index is 13.7. The molecule has 186 valence electrons. The first-order valence-electron chi connectivity index (χ1n) is 11.9. The molecule has 0 radical (unpaired) electrons. The highest BCUT2D eigenvalue weighted by Gasteiger charge is 2.46. The van der Waals surface area contributed by atoms with E-state index in [0.29, 0.717) is 19.4 Å². The van der Waals surface area contributed by atoms with E-state index in [4.69, 9.17) is 4.74 Å². The van der Waals surface area contributed by atoms with Crippen LogP contribution < -0.4 is 5.32 Å². The zero-order chi connectivity index (χ0) is 25.1. The summed E-state index contributed by atoms with van der Waals surface area (Å²) in [4.78, 5) is 39.7. The predicted octanol–water partition coefficient (Wildman–Crippen LogP) is 5.22. The molecule has 0 bridgehead atoms. The van der Waals surface area contributed by atoms with Crippen molar-refractivity contribution in [2.75, 3.05) is 6.54 Å². The number of carboxylic acid groups (broad SMARTS) is 1. The maximum Gasteiger partial charge on any atom is 0.408 e. The van der Waals surface area contributed by atoms with Gasteiger partial charge in [0.2, 0.25) is 5.91 Å². The number of hydrogen-bond acceptors (Lipinski definition) is 4. The fraction of sp³-hybridized carbons (Fsp3) is 0.880. The molecule has 0 aliphatic heterocycles. The molecule has 0 spiro atoms. The van der Waals surface area contributed by atoms with Crippen molar-refractivity contribution < 1.29 is 24.2 Å². The third-order valence-corrected chi connectivity index (χ3v) is 7.17. The van der Waals surface area contributed by atoms with Crippen molar-refractivity contribution in [3.8, 4) is 0 Å². The number of alkyl carbamates (subject to hydrolysis) is 1. The molecule has 1 aliphatic rings. The van der Waals surface area contributed by atoms with Gasteiger partial charge in [0.15, 0.2) is 0 Å². The van der Waals surface area contributed by atoms with Gasteiger partial charge in [-0.3, -0.25) is 4.79 Å². The van der Waals surface area contributed by atoms with Crippen LogP contribution in [0.5, 0.6) is 0 Å². The second-order valence-electron chi connectivity index (χ2n) is 12.3. The van der Waals surface area contributed by atoms with Crippen LogP contribution in [0.1, 0.15) is 101 Å². The fourth-order valence-electron chi connectivity index (χ4n) is 4.27. The van der Waals surface area contributed by atoms with Gasteiger partial charge >= 0.3 is 12.1 Å². The minimum Gasteiger partial charge on any atom is -0.480 e. The van der Waals surface area contributed by atoms with E-state index in [1.165, 1.54) is 11.3 Å². The molecule has 1 rings (SSSR count). The van der Waals surface area contributed by atoms with Crippen LogP contribution in [0.15, 0.2) is 0 Å². The summed E-state index contributed by atoms with van der Waals surface area (Å²) >= 11 is 0. The van der Waals surface area contributed by atoms with E-state index in [-0.39, 0.29) is 16.7 Å². The number of carbonyl (C=O) groups is 3. The molecule has 1 saturated carbocycles. The second kappa shape index (κ2) is 10.0. The van der Waals surface area contributed by atoms with Gasteiger partial charge in [0.05, 0.1) is 0 Å². The van der Waals surface area contributed by atoms with Crippen molar-refractivity contribution in [1.29, 1.82) is 0 Å². The molecule has 0 heterocycles. The molecule has 1 fully saturated rings. The summed E-state index contributed by atoms with van der Waals surface area (Å²) in [6, 6.07) is -1.86. The molecule has 0 saturated heterocycles. The smallest absolute Gasteiger partial charge is 0.408 e. The van der Waals surface area contributed by atoms with Crippen molar-refractivity contribution >= 4 is 18.0 Å². The standard InChI is InChI=1S/C25H46N2O5/c1-11-17(20(29)30)27(16-15-24(8,9)25(10)13-12-14-25)19(28)18(22(2,3)4)26-21(31)32-23(5,6)7/h17-18H,11-16H2,1-10H3,(H,26,31)(H,29,30)/t17-,18+/m0/s1. The number of aliphatic carboxylic acids is 1. The zero-order valence-electron chi connectivity index (χ0n) is 21.9. The van der Waals surface area contributed by atoms with E-state index in [1.807, 2.05) is 20.8 Å². The van der Waals surface area contributed by atoms with Crippen molar-refractivity contribution in [2.45, 2.75) is 119 Å². The summed E-state index contributed by atoms with van der Waals surface area (Å²) in [7, 11) is 0. The number of carbonyl (C=O) groups excluding carboxylic acids is 2. The van der Waals surface area contributed by atoms with E-state index in [9.17, 15) is 19.5 Å². The summed E-state index contributed by atoms with van der Waals surface area (Å²) in [5, 5.41) is 12.6. The molecule has 0 aromatic heterocycles. The molecule has 2 N–H and O–H groups in total. The lowest BCUT2D eigenvalue weighted by Crippen LogP contribution is -2.59. The minimum absolute atomic E-state index is 0.0314. The summed E-state index contributed by atoms with van der Waals surface area (Å²) < 4.78 is 5.37. The van der Waals surface area contributed by atoms with Gasteiger partial charge in [0.25, 0.3) is 0 Å². The number of amides is 2. The van der Waals surface area contributed by atoms with Gasteiger partial charge in [0, 0.05) is 6.54 Å². The molecule has 1 aliphatic carbocycles. The Morgan fingerprint density at radius 3 is 1.94 bits per heavy atom. The minimum atomic E-state index is -1.03. The first kappa shape index (κ1) is 28.2. The van der Waals surface area contributed by atoms with E-state index in [0.717, 1.165) is 12.8 Å². The fourth-order valence-corrected chi connectivity index (χ4v) is 4.27.